The van der Waals surface area contributed by atoms with Gasteiger partial charge in [0.05, 0.1) is 5.82 Å². The van der Waals surface area contributed by atoms with Gasteiger partial charge in [-0.05, 0) is 14.5 Å². The van der Waals surface area contributed by atoms with Gasteiger partial charge in [-0.25, -0.2) is 0 Å². The van der Waals surface area contributed by atoms with E-state index in [9.17, 15) is 20.2 Å². The summed E-state index contributed by atoms with van der Waals surface area (Å²) < 4.78 is 0.714. The summed E-state index contributed by atoms with van der Waals surface area (Å²) in [5.41, 5.74) is 4.67. The minimum Gasteiger partial charge on any atom is -0.385 e. The third-order valence-corrected chi connectivity index (χ3v) is 1.94. The fourth-order valence-electron chi connectivity index (χ4n) is 1.25. The van der Waals surface area contributed by atoms with E-state index in [4.69, 9.17) is 5.73 Å². The number of nitro groups is 2. The summed E-state index contributed by atoms with van der Waals surface area (Å²) in [6, 6.07) is 0. The molecule has 0 aliphatic rings. The highest BCUT2D eigenvalue weighted by molar-refractivity contribution is 5.65. The highest BCUT2D eigenvalue weighted by Crippen LogP contribution is 2.30. The Morgan fingerprint density at radius 2 is 2.06 bits per heavy atom. The standard InChI is InChI=1S/C5H4N9O4/c6-3-4(13(15)16)9-12(5(3)14(17)18)1-2-7-10-11-8-2/h1,6H2/q-1. The molecule has 13 nitrogen and oxygen atoms in total. The molecule has 13 heteroatoms. The van der Waals surface area contributed by atoms with Crippen molar-refractivity contribution in [2.45, 2.75) is 6.54 Å². The second kappa shape index (κ2) is 4.04. The highest BCUT2D eigenvalue weighted by atomic mass is 16.6. The van der Waals surface area contributed by atoms with Crippen molar-refractivity contribution in [3.63, 3.8) is 0 Å². The molecule has 0 saturated heterocycles. The van der Waals surface area contributed by atoms with Crippen molar-refractivity contribution in [2.24, 2.45) is 0 Å². The molecular formula is C5H4N9O4-. The largest absolute Gasteiger partial charge is 0.443 e. The molecule has 94 valence electrons. The Kier molecular flexibility index (Phi) is 2.55. The van der Waals surface area contributed by atoms with Gasteiger partial charge in [0.1, 0.15) is 0 Å². The van der Waals surface area contributed by atoms with Gasteiger partial charge in [0.2, 0.25) is 5.69 Å². The van der Waals surface area contributed by atoms with Crippen LogP contribution in [0, 0.1) is 20.2 Å². The van der Waals surface area contributed by atoms with E-state index < -0.39 is 27.2 Å². The molecule has 0 unspecified atom stereocenters. The summed E-state index contributed by atoms with van der Waals surface area (Å²) in [7, 11) is 0. The number of rotatable bonds is 4. The number of anilines is 1. The third kappa shape index (κ3) is 1.79. The maximum atomic E-state index is 10.8. The minimum atomic E-state index is -0.915. The van der Waals surface area contributed by atoms with Crippen molar-refractivity contribution < 1.29 is 9.85 Å². The number of nitrogen functional groups attached to an aromatic ring is 1. The van der Waals surface area contributed by atoms with Gasteiger partial charge < -0.3 is 31.1 Å². The van der Waals surface area contributed by atoms with Crippen molar-refractivity contribution in [1.29, 1.82) is 0 Å². The van der Waals surface area contributed by atoms with Crippen LogP contribution in [0.25, 0.3) is 0 Å². The maximum Gasteiger partial charge on any atom is 0.443 e. The minimum absolute atomic E-state index is 0.0236. The Bertz CT molecular complexity index is 601. The van der Waals surface area contributed by atoms with Gasteiger partial charge in [-0.1, -0.05) is 0 Å². The molecule has 0 atom stereocenters. The van der Waals surface area contributed by atoms with Gasteiger partial charge in [-0.15, -0.1) is 0 Å². The molecule has 0 radical (unpaired) electrons. The Balaban J connectivity index is 2.49. The van der Waals surface area contributed by atoms with E-state index in [1.807, 2.05) is 0 Å². The fraction of sp³-hybridized carbons (Fsp3) is 0.200. The lowest BCUT2D eigenvalue weighted by atomic mass is 10.5. The van der Waals surface area contributed by atoms with Crippen LogP contribution in [0.4, 0.5) is 17.3 Å². The molecule has 2 aromatic heterocycles. The van der Waals surface area contributed by atoms with Gasteiger partial charge in [-0.3, -0.25) is 10.3 Å². The van der Waals surface area contributed by atoms with Crippen molar-refractivity contribution >= 4 is 17.3 Å². The lowest BCUT2D eigenvalue weighted by molar-refractivity contribution is -0.393. The van der Waals surface area contributed by atoms with Gasteiger partial charge >= 0.3 is 11.6 Å². The van der Waals surface area contributed by atoms with Gasteiger partial charge in [0, 0.05) is 0 Å². The second-order valence-corrected chi connectivity index (χ2v) is 3.03. The highest BCUT2D eigenvalue weighted by Gasteiger charge is 2.34. The molecule has 2 rings (SSSR count). The third-order valence-electron chi connectivity index (χ3n) is 1.94. The zero-order chi connectivity index (χ0) is 13.3. The van der Waals surface area contributed by atoms with E-state index in [1.54, 1.807) is 0 Å². The predicted octanol–water partition coefficient (Wildman–Crippen LogP) is -1.53. The van der Waals surface area contributed by atoms with Crippen LogP contribution >= 0.6 is 0 Å². The van der Waals surface area contributed by atoms with Crippen molar-refractivity contribution in [3.8, 4) is 0 Å². The van der Waals surface area contributed by atoms with E-state index >= 15 is 0 Å². The number of aromatic nitrogens is 6. The van der Waals surface area contributed by atoms with Crippen LogP contribution in [-0.2, 0) is 6.54 Å². The Morgan fingerprint density at radius 3 is 2.56 bits per heavy atom. The summed E-state index contributed by atoms with van der Waals surface area (Å²) in [5, 5.41) is 38.0. The smallest absolute Gasteiger partial charge is 0.385 e. The number of nitrogens with two attached hydrogens (primary N) is 1. The Hall–Kier alpha value is -3.12. The maximum absolute atomic E-state index is 10.8. The van der Waals surface area contributed by atoms with Gasteiger partial charge in [0.15, 0.2) is 11.6 Å². The summed E-state index contributed by atoms with van der Waals surface area (Å²) in [4.78, 5) is 19.6. The summed E-state index contributed by atoms with van der Waals surface area (Å²) in [6.45, 7) is -0.290. The first kappa shape index (κ1) is 11.4. The van der Waals surface area contributed by atoms with Crippen LogP contribution in [0.1, 0.15) is 5.82 Å². The fourth-order valence-corrected chi connectivity index (χ4v) is 1.25. The molecule has 0 amide bonds. The molecule has 0 aromatic carbocycles. The first-order valence-corrected chi connectivity index (χ1v) is 4.33. The molecule has 18 heavy (non-hydrogen) atoms. The van der Waals surface area contributed by atoms with Crippen LogP contribution in [0.15, 0.2) is 0 Å². The first-order valence-electron chi connectivity index (χ1n) is 4.33. The second-order valence-electron chi connectivity index (χ2n) is 3.03. The normalized spacial score (nSPS) is 10.4. The molecule has 2 heterocycles. The Morgan fingerprint density at radius 1 is 1.33 bits per heavy atom. The first-order chi connectivity index (χ1) is 8.50. The zero-order valence-electron chi connectivity index (χ0n) is 8.50. The average molecular weight is 254 g/mol. The molecule has 0 aliphatic heterocycles. The molecule has 0 bridgehead atoms. The summed E-state index contributed by atoms with van der Waals surface area (Å²) >= 11 is 0. The average Bonchev–Trinajstić information content (AvgIpc) is 2.86. The van der Waals surface area contributed by atoms with E-state index in [1.165, 1.54) is 0 Å². The van der Waals surface area contributed by atoms with E-state index in [0.29, 0.717) is 4.68 Å². The quantitative estimate of drug-likeness (QED) is 0.495. The zero-order valence-corrected chi connectivity index (χ0v) is 8.50. The van der Waals surface area contributed by atoms with Crippen molar-refractivity contribution in [1.82, 2.24) is 30.4 Å². The van der Waals surface area contributed by atoms with Crippen LogP contribution in [0.3, 0.4) is 0 Å². The molecule has 0 spiro atoms. The van der Waals surface area contributed by atoms with Crippen LogP contribution in [0.2, 0.25) is 0 Å². The molecule has 0 aliphatic carbocycles. The topological polar surface area (TPSA) is 183 Å². The predicted molar refractivity (Wildman–Crippen MR) is 52.2 cm³/mol. The lowest BCUT2D eigenvalue weighted by Crippen LogP contribution is -2.08. The number of hydrogen-bond donors (Lipinski definition) is 1. The van der Waals surface area contributed by atoms with E-state index in [0.717, 1.165) is 0 Å². The molecule has 2 N–H and O–H groups in total. The van der Waals surface area contributed by atoms with Gasteiger partial charge in [-0.2, -0.15) is 5.21 Å². The van der Waals surface area contributed by atoms with Crippen LogP contribution < -0.4 is 10.8 Å². The van der Waals surface area contributed by atoms with E-state index in [2.05, 4.69) is 25.7 Å². The molecule has 0 saturated carbocycles. The summed E-state index contributed by atoms with van der Waals surface area (Å²) in [6.07, 6.45) is 0. The van der Waals surface area contributed by atoms with Gasteiger partial charge in [0.25, 0.3) is 0 Å². The molecular weight excluding hydrogens is 250 g/mol. The van der Waals surface area contributed by atoms with Crippen LogP contribution in [0.5, 0.6) is 0 Å². The Labute approximate surface area is 96.9 Å². The lowest BCUT2D eigenvalue weighted by Gasteiger charge is -1.95. The number of hydrogen-bond acceptors (Lipinski definition) is 9. The van der Waals surface area contributed by atoms with Crippen molar-refractivity contribution in [3.05, 3.63) is 26.1 Å². The summed E-state index contributed by atoms with van der Waals surface area (Å²) in [5.74, 6) is -1.48. The van der Waals surface area contributed by atoms with Crippen molar-refractivity contribution in [2.75, 3.05) is 5.73 Å². The number of nitrogens with zero attached hydrogens (tertiary/aromatic N) is 8. The monoisotopic (exact) mass is 254 g/mol. The molecule has 0 fully saturated rings. The number of tetrazole rings is 1. The van der Waals surface area contributed by atoms with Crippen LogP contribution in [-0.4, -0.2) is 35.2 Å². The molecule has 2 aromatic rings. The SMILES string of the molecule is Nc1c([N+](=O)[O-])nn(Cc2nnn[n-]2)c1[N+](=O)[O-]. The van der Waals surface area contributed by atoms with E-state index in [-0.39, 0.29) is 12.4 Å².